The number of fused-ring (bicyclic) bond motifs is 1. The van der Waals surface area contributed by atoms with Crippen LogP contribution >= 0.6 is 27.3 Å². The van der Waals surface area contributed by atoms with Crippen LogP contribution in [0.25, 0.3) is 10.2 Å². The van der Waals surface area contributed by atoms with Crippen molar-refractivity contribution in [3.8, 4) is 5.75 Å². The molecule has 0 bridgehead atoms. The minimum Gasteiger partial charge on any atom is -0.489 e. The third kappa shape index (κ3) is 2.56. The SMILES string of the molecule is CC(C)Oc1ccnc2c(Br)c(NC(=O)O)sc12. The molecule has 0 spiro atoms. The number of thiophene rings is 1. The molecular weight excluding hydrogens is 320 g/mol. The van der Waals surface area contributed by atoms with Gasteiger partial charge in [0.25, 0.3) is 0 Å². The molecule has 1 amide bonds. The highest BCUT2D eigenvalue weighted by Gasteiger charge is 2.16. The summed E-state index contributed by atoms with van der Waals surface area (Å²) in [7, 11) is 0. The van der Waals surface area contributed by atoms with E-state index in [0.717, 1.165) is 4.70 Å². The number of pyridine rings is 1. The van der Waals surface area contributed by atoms with Crippen LogP contribution < -0.4 is 10.1 Å². The standard InChI is InChI=1S/C11H11BrN2O3S/c1-5(2)17-6-3-4-13-8-7(12)10(14-11(15)16)18-9(6)8/h3-5,14H,1-2H3,(H,15,16). The number of carboxylic acid groups (broad SMARTS) is 1. The van der Waals surface area contributed by atoms with Crippen LogP contribution in [-0.4, -0.2) is 22.3 Å². The quantitative estimate of drug-likeness (QED) is 0.894. The summed E-state index contributed by atoms with van der Waals surface area (Å²) in [4.78, 5) is 14.9. The smallest absolute Gasteiger partial charge is 0.409 e. The average Bonchev–Trinajstić information content (AvgIpc) is 2.57. The maximum absolute atomic E-state index is 10.7. The zero-order valence-electron chi connectivity index (χ0n) is 9.73. The Morgan fingerprint density at radius 1 is 1.61 bits per heavy atom. The van der Waals surface area contributed by atoms with Gasteiger partial charge in [0.15, 0.2) is 0 Å². The number of ether oxygens (including phenoxy) is 1. The molecule has 0 unspecified atom stereocenters. The fraction of sp³-hybridized carbons (Fsp3) is 0.273. The van der Waals surface area contributed by atoms with E-state index in [2.05, 4.69) is 26.2 Å². The van der Waals surface area contributed by atoms with Gasteiger partial charge in [-0.15, -0.1) is 11.3 Å². The molecule has 0 aliphatic carbocycles. The predicted octanol–water partition coefficient (Wildman–Crippen LogP) is 3.94. The first-order chi connectivity index (χ1) is 8.49. The summed E-state index contributed by atoms with van der Waals surface area (Å²) in [5.41, 5.74) is 0.696. The summed E-state index contributed by atoms with van der Waals surface area (Å²) in [5, 5.41) is 11.6. The van der Waals surface area contributed by atoms with Gasteiger partial charge in [-0.2, -0.15) is 0 Å². The van der Waals surface area contributed by atoms with Crippen molar-refractivity contribution in [2.24, 2.45) is 0 Å². The number of rotatable bonds is 3. The maximum Gasteiger partial charge on any atom is 0.409 e. The molecule has 0 saturated heterocycles. The molecule has 2 N–H and O–H groups in total. The highest BCUT2D eigenvalue weighted by molar-refractivity contribution is 9.10. The molecule has 0 aliphatic rings. The van der Waals surface area contributed by atoms with Crippen LogP contribution in [0, 0.1) is 0 Å². The van der Waals surface area contributed by atoms with E-state index in [0.29, 0.717) is 20.7 Å². The van der Waals surface area contributed by atoms with Crippen LogP contribution in [0.4, 0.5) is 9.80 Å². The number of nitrogens with one attached hydrogen (secondary N) is 1. The number of amides is 1. The van der Waals surface area contributed by atoms with E-state index < -0.39 is 6.09 Å². The first-order valence-corrected chi connectivity index (χ1v) is 6.83. The summed E-state index contributed by atoms with van der Waals surface area (Å²) in [6.45, 7) is 3.87. The second kappa shape index (κ2) is 5.11. The summed E-state index contributed by atoms with van der Waals surface area (Å²) >= 11 is 4.64. The van der Waals surface area contributed by atoms with Gasteiger partial charge >= 0.3 is 6.09 Å². The minimum absolute atomic E-state index is 0.0485. The van der Waals surface area contributed by atoms with Gasteiger partial charge in [0.1, 0.15) is 16.3 Å². The van der Waals surface area contributed by atoms with Crippen LogP contribution in [0.3, 0.4) is 0 Å². The number of hydrogen-bond donors (Lipinski definition) is 2. The first kappa shape index (κ1) is 13.1. The lowest BCUT2D eigenvalue weighted by atomic mass is 10.3. The lowest BCUT2D eigenvalue weighted by Gasteiger charge is -2.09. The van der Waals surface area contributed by atoms with Crippen molar-refractivity contribution in [3.63, 3.8) is 0 Å². The van der Waals surface area contributed by atoms with Crippen molar-refractivity contribution in [1.29, 1.82) is 0 Å². The molecule has 0 radical (unpaired) electrons. The molecule has 2 rings (SSSR count). The van der Waals surface area contributed by atoms with Crippen LogP contribution in [0.15, 0.2) is 16.7 Å². The number of carbonyl (C=O) groups is 1. The van der Waals surface area contributed by atoms with Gasteiger partial charge < -0.3 is 9.84 Å². The molecule has 96 valence electrons. The molecule has 0 fully saturated rings. The van der Waals surface area contributed by atoms with Crippen molar-refractivity contribution < 1.29 is 14.6 Å². The van der Waals surface area contributed by atoms with Crippen LogP contribution in [-0.2, 0) is 0 Å². The lowest BCUT2D eigenvalue weighted by Crippen LogP contribution is -2.05. The molecule has 0 atom stereocenters. The number of halogens is 1. The second-order valence-electron chi connectivity index (χ2n) is 3.83. The highest BCUT2D eigenvalue weighted by Crippen LogP contribution is 2.42. The first-order valence-electron chi connectivity index (χ1n) is 5.22. The van der Waals surface area contributed by atoms with E-state index in [1.807, 2.05) is 13.8 Å². The van der Waals surface area contributed by atoms with E-state index in [1.165, 1.54) is 11.3 Å². The molecule has 5 nitrogen and oxygen atoms in total. The Kier molecular flexibility index (Phi) is 3.72. The molecule has 2 aromatic rings. The van der Waals surface area contributed by atoms with E-state index in [1.54, 1.807) is 12.3 Å². The van der Waals surface area contributed by atoms with Crippen LogP contribution in [0.2, 0.25) is 0 Å². The molecule has 0 aliphatic heterocycles. The fourth-order valence-corrected chi connectivity index (χ4v) is 3.23. The maximum atomic E-state index is 10.7. The Balaban J connectivity index is 2.53. The van der Waals surface area contributed by atoms with Crippen molar-refractivity contribution in [2.45, 2.75) is 20.0 Å². The van der Waals surface area contributed by atoms with Crippen molar-refractivity contribution in [2.75, 3.05) is 5.32 Å². The van der Waals surface area contributed by atoms with Crippen molar-refractivity contribution >= 4 is 48.6 Å². The normalized spacial score (nSPS) is 10.9. The van der Waals surface area contributed by atoms with Gasteiger partial charge in [-0.05, 0) is 35.8 Å². The average molecular weight is 331 g/mol. The van der Waals surface area contributed by atoms with E-state index >= 15 is 0 Å². The van der Waals surface area contributed by atoms with E-state index in [9.17, 15) is 4.79 Å². The van der Waals surface area contributed by atoms with Gasteiger partial charge in [-0.1, -0.05) is 0 Å². The molecule has 18 heavy (non-hydrogen) atoms. The topological polar surface area (TPSA) is 71.5 Å². The fourth-order valence-electron chi connectivity index (χ4n) is 1.46. The number of anilines is 1. The Bertz CT molecular complexity index is 597. The number of nitrogens with zero attached hydrogens (tertiary/aromatic N) is 1. The van der Waals surface area contributed by atoms with Gasteiger partial charge in [-0.25, -0.2) is 4.79 Å². The zero-order valence-corrected chi connectivity index (χ0v) is 12.1. The Morgan fingerprint density at radius 2 is 2.33 bits per heavy atom. The molecule has 0 saturated carbocycles. The zero-order chi connectivity index (χ0) is 13.3. The number of aromatic nitrogens is 1. The van der Waals surface area contributed by atoms with Gasteiger partial charge in [0.2, 0.25) is 0 Å². The molecule has 0 aromatic carbocycles. The van der Waals surface area contributed by atoms with Crippen molar-refractivity contribution in [1.82, 2.24) is 4.98 Å². The van der Waals surface area contributed by atoms with E-state index in [-0.39, 0.29) is 6.10 Å². The van der Waals surface area contributed by atoms with Gasteiger partial charge in [-0.3, -0.25) is 10.3 Å². The van der Waals surface area contributed by atoms with E-state index in [4.69, 9.17) is 9.84 Å². The number of hydrogen-bond acceptors (Lipinski definition) is 4. The molecule has 7 heteroatoms. The molecule has 2 aromatic heterocycles. The summed E-state index contributed by atoms with van der Waals surface area (Å²) < 4.78 is 7.13. The Morgan fingerprint density at radius 3 is 2.94 bits per heavy atom. The largest absolute Gasteiger partial charge is 0.489 e. The van der Waals surface area contributed by atoms with Gasteiger partial charge in [0.05, 0.1) is 15.3 Å². The summed E-state index contributed by atoms with van der Waals surface area (Å²) in [6, 6.07) is 1.77. The monoisotopic (exact) mass is 330 g/mol. The third-order valence-electron chi connectivity index (χ3n) is 2.06. The molecule has 2 heterocycles. The Hall–Kier alpha value is -1.34. The molecular formula is C11H11BrN2O3S. The highest BCUT2D eigenvalue weighted by atomic mass is 79.9. The van der Waals surface area contributed by atoms with Gasteiger partial charge in [0, 0.05) is 6.20 Å². The van der Waals surface area contributed by atoms with Crippen LogP contribution in [0.5, 0.6) is 5.75 Å². The minimum atomic E-state index is -1.10. The third-order valence-corrected chi connectivity index (χ3v) is 4.21. The summed E-state index contributed by atoms with van der Waals surface area (Å²) in [6.07, 6.45) is 0.586. The Labute approximate surface area is 116 Å². The summed E-state index contributed by atoms with van der Waals surface area (Å²) in [5.74, 6) is 0.708. The van der Waals surface area contributed by atoms with Crippen LogP contribution in [0.1, 0.15) is 13.8 Å². The lowest BCUT2D eigenvalue weighted by molar-refractivity contribution is 0.210. The second-order valence-corrected chi connectivity index (χ2v) is 5.64. The predicted molar refractivity (Wildman–Crippen MR) is 74.7 cm³/mol. The van der Waals surface area contributed by atoms with Crippen molar-refractivity contribution in [3.05, 3.63) is 16.7 Å².